The number of aliphatic hydroxyl groups excluding tert-OH is 1. The summed E-state index contributed by atoms with van der Waals surface area (Å²) in [5.74, 6) is -1.09. The Labute approximate surface area is 229 Å². The van der Waals surface area contributed by atoms with Crippen molar-refractivity contribution in [1.82, 2.24) is 5.32 Å². The van der Waals surface area contributed by atoms with E-state index in [1.54, 1.807) is 0 Å². The van der Waals surface area contributed by atoms with Crippen LogP contribution in [0.2, 0.25) is 0 Å². The number of carbonyl (C=O) groups is 3. The molecule has 0 spiro atoms. The monoisotopic (exact) mass is 565 g/mol. The molecule has 4 N–H and O–H groups in total. The van der Waals surface area contributed by atoms with E-state index in [0.717, 1.165) is 19.3 Å². The normalized spacial score (nSPS) is 38.3. The molecule has 2 amide bonds. The van der Waals surface area contributed by atoms with Gasteiger partial charge in [-0.1, -0.05) is 34.6 Å². The number of nitrogens with one attached hydrogen (secondary N) is 1. The van der Waals surface area contributed by atoms with Crippen LogP contribution in [0.1, 0.15) is 83.5 Å². The van der Waals surface area contributed by atoms with Crippen LogP contribution >= 0.6 is 7.82 Å². The third kappa shape index (κ3) is 5.17. The van der Waals surface area contributed by atoms with Crippen LogP contribution < -0.4 is 9.84 Å². The Morgan fingerprint density at radius 2 is 1.77 bits per heavy atom. The SMILES string of the molecule is CC[C@]1(C)C[C@@H](OC(=O)NC(=O)c2ccc(OP(=O)(O)O)cc2)[C@]2(C)[C@H](C)CC[C@]3(CCC(=O)[C@@H]32)[C@@H](C)[C@@H]1O. The van der Waals surface area contributed by atoms with Gasteiger partial charge in [0, 0.05) is 23.3 Å². The van der Waals surface area contributed by atoms with Gasteiger partial charge in [-0.3, -0.25) is 24.7 Å². The first-order valence-electron chi connectivity index (χ1n) is 13.7. The van der Waals surface area contributed by atoms with Gasteiger partial charge < -0.3 is 14.4 Å². The lowest BCUT2D eigenvalue weighted by molar-refractivity contribution is -0.198. The maximum atomic E-state index is 13.5. The Morgan fingerprint density at radius 1 is 1.13 bits per heavy atom. The van der Waals surface area contributed by atoms with Gasteiger partial charge >= 0.3 is 13.9 Å². The molecule has 4 rings (SSSR count). The van der Waals surface area contributed by atoms with Gasteiger partial charge in [0.2, 0.25) is 0 Å². The molecule has 0 radical (unpaired) electrons. The van der Waals surface area contributed by atoms with Crippen molar-refractivity contribution >= 4 is 25.6 Å². The Hall–Kier alpha value is -2.26. The number of carbonyl (C=O) groups excluding carboxylic acids is 3. The molecule has 3 fully saturated rings. The smallest absolute Gasteiger partial charge is 0.445 e. The maximum Gasteiger partial charge on any atom is 0.524 e. The Bertz CT molecular complexity index is 1180. The van der Waals surface area contributed by atoms with Gasteiger partial charge in [0.05, 0.1) is 6.10 Å². The maximum absolute atomic E-state index is 13.5. The van der Waals surface area contributed by atoms with E-state index in [0.29, 0.717) is 19.3 Å². The first-order valence-corrected chi connectivity index (χ1v) is 15.2. The molecule has 0 unspecified atom stereocenters. The third-order valence-electron chi connectivity index (χ3n) is 10.5. The lowest BCUT2D eigenvalue weighted by atomic mass is 9.43. The fraction of sp³-hybridized carbons (Fsp3) is 0.679. The molecule has 0 heterocycles. The molecule has 0 aromatic heterocycles. The van der Waals surface area contributed by atoms with Gasteiger partial charge in [0.1, 0.15) is 17.6 Å². The highest BCUT2D eigenvalue weighted by Crippen LogP contribution is 2.68. The van der Waals surface area contributed by atoms with Gasteiger partial charge in [0.15, 0.2) is 0 Å². The van der Waals surface area contributed by atoms with E-state index in [1.165, 1.54) is 24.3 Å². The molecular formula is C28H40NO9P. The predicted octanol–water partition coefficient (Wildman–Crippen LogP) is 4.61. The summed E-state index contributed by atoms with van der Waals surface area (Å²) in [6, 6.07) is 4.95. The van der Waals surface area contributed by atoms with Crippen molar-refractivity contribution in [3.05, 3.63) is 29.8 Å². The quantitative estimate of drug-likeness (QED) is 0.374. The largest absolute Gasteiger partial charge is 0.524 e. The van der Waals surface area contributed by atoms with E-state index in [4.69, 9.17) is 14.5 Å². The van der Waals surface area contributed by atoms with Crippen molar-refractivity contribution in [2.24, 2.45) is 34.0 Å². The first kappa shape index (κ1) is 29.7. The summed E-state index contributed by atoms with van der Waals surface area (Å²) in [5.41, 5.74) is -1.53. The van der Waals surface area contributed by atoms with E-state index < -0.39 is 42.9 Å². The highest BCUT2D eigenvalue weighted by atomic mass is 31.2. The number of aliphatic hydroxyl groups is 1. The van der Waals surface area contributed by atoms with Crippen LogP contribution in [0, 0.1) is 34.0 Å². The highest BCUT2D eigenvalue weighted by Gasteiger charge is 2.68. The number of rotatable bonds is 5. The average Bonchev–Trinajstić information content (AvgIpc) is 3.22. The number of amides is 2. The molecule has 1 aromatic rings. The van der Waals surface area contributed by atoms with E-state index in [-0.39, 0.29) is 40.3 Å². The Kier molecular flexibility index (Phi) is 7.84. The summed E-state index contributed by atoms with van der Waals surface area (Å²) in [6.45, 7) is 10.2. The van der Waals surface area contributed by atoms with Crippen molar-refractivity contribution in [2.75, 3.05) is 0 Å². The Morgan fingerprint density at radius 3 is 2.36 bits per heavy atom. The second-order valence-corrected chi connectivity index (χ2v) is 13.5. The molecule has 10 nitrogen and oxygen atoms in total. The minimum atomic E-state index is -4.75. The molecule has 3 saturated carbocycles. The lowest BCUT2D eigenvalue weighted by Gasteiger charge is -2.62. The number of hydrogen-bond donors (Lipinski definition) is 4. The zero-order valence-electron chi connectivity index (χ0n) is 23.2. The standard InChI is InChI=1S/C28H40NO9P/c1-6-26(4)15-21(37-25(33)29-24(32)18-7-9-19(10-8-18)38-39(34,35)36)27(5)16(2)11-13-28(17(3)23(26)31)14-12-20(30)22(27)28/h7-10,16-17,21-23,31H,6,11-15H2,1-5H3,(H,29,32,33)(H2,34,35,36)/t16-,17+,21-,22-,23+,26-,27+,28+/m1/s1. The summed E-state index contributed by atoms with van der Waals surface area (Å²) in [5, 5.41) is 13.9. The van der Waals surface area contributed by atoms with Crippen LogP contribution in [0.25, 0.3) is 0 Å². The molecule has 0 saturated heterocycles. The fourth-order valence-corrected chi connectivity index (χ4v) is 8.23. The van der Waals surface area contributed by atoms with Gasteiger partial charge in [-0.05, 0) is 79.0 Å². The van der Waals surface area contributed by atoms with Crippen LogP contribution in [0.5, 0.6) is 5.75 Å². The number of phosphoric ester groups is 1. The van der Waals surface area contributed by atoms with E-state index in [9.17, 15) is 24.1 Å². The van der Waals surface area contributed by atoms with E-state index in [2.05, 4.69) is 23.7 Å². The second kappa shape index (κ2) is 10.3. The van der Waals surface area contributed by atoms with E-state index in [1.807, 2.05) is 20.8 Å². The van der Waals surface area contributed by atoms with Crippen molar-refractivity contribution < 1.29 is 43.1 Å². The fourth-order valence-electron chi connectivity index (χ4n) is 7.84. The topological polar surface area (TPSA) is 159 Å². The number of alkyl carbamates (subject to hydrolysis) is 1. The molecule has 39 heavy (non-hydrogen) atoms. The summed E-state index contributed by atoms with van der Waals surface area (Å²) >= 11 is 0. The molecule has 0 aliphatic heterocycles. The lowest BCUT2D eigenvalue weighted by Crippen LogP contribution is -2.63. The molecule has 2 bridgehead atoms. The van der Waals surface area contributed by atoms with Crippen molar-refractivity contribution in [2.45, 2.75) is 85.4 Å². The van der Waals surface area contributed by atoms with Gasteiger partial charge in [-0.25, -0.2) is 9.36 Å². The van der Waals surface area contributed by atoms with Crippen molar-refractivity contribution in [3.63, 3.8) is 0 Å². The summed E-state index contributed by atoms with van der Waals surface area (Å²) in [4.78, 5) is 57.3. The predicted molar refractivity (Wildman–Crippen MR) is 142 cm³/mol. The van der Waals surface area contributed by atoms with Crippen LogP contribution in [0.3, 0.4) is 0 Å². The Balaban J connectivity index is 1.61. The van der Waals surface area contributed by atoms with E-state index >= 15 is 0 Å². The summed E-state index contributed by atoms with van der Waals surface area (Å²) in [6.07, 6.45) is 1.53. The molecular weight excluding hydrogens is 525 g/mol. The molecule has 3 aliphatic carbocycles. The van der Waals surface area contributed by atoms with Crippen LogP contribution in [0.4, 0.5) is 4.79 Å². The van der Waals surface area contributed by atoms with Crippen LogP contribution in [0.15, 0.2) is 24.3 Å². The summed E-state index contributed by atoms with van der Waals surface area (Å²) in [7, 11) is -4.75. The number of phosphoric acid groups is 1. The van der Waals surface area contributed by atoms with Crippen LogP contribution in [-0.2, 0) is 14.1 Å². The zero-order valence-corrected chi connectivity index (χ0v) is 24.1. The molecule has 1 aromatic carbocycles. The average molecular weight is 566 g/mol. The van der Waals surface area contributed by atoms with Gasteiger partial charge in [-0.15, -0.1) is 0 Å². The molecule has 8 atom stereocenters. The molecule has 11 heteroatoms. The minimum absolute atomic E-state index is 0.0626. The molecule has 3 aliphatic rings. The molecule has 216 valence electrons. The number of Topliss-reactive ketones (excluding diaryl/α,β-unsaturated/α-hetero) is 1. The first-order chi connectivity index (χ1) is 18.1. The second-order valence-electron chi connectivity index (χ2n) is 12.3. The number of hydrogen-bond acceptors (Lipinski definition) is 7. The van der Waals surface area contributed by atoms with Crippen molar-refractivity contribution in [3.8, 4) is 5.75 Å². The third-order valence-corrected chi connectivity index (χ3v) is 11.0. The minimum Gasteiger partial charge on any atom is -0.445 e. The number of ketones is 1. The number of ether oxygens (including phenoxy) is 1. The highest BCUT2D eigenvalue weighted by molar-refractivity contribution is 7.46. The van der Waals surface area contributed by atoms with Crippen molar-refractivity contribution in [1.29, 1.82) is 0 Å². The zero-order chi connectivity index (χ0) is 29.0. The van der Waals surface area contributed by atoms with Gasteiger partial charge in [-0.2, -0.15) is 0 Å². The summed E-state index contributed by atoms with van der Waals surface area (Å²) < 4.78 is 21.5. The van der Waals surface area contributed by atoms with Gasteiger partial charge in [0.25, 0.3) is 5.91 Å². The number of imide groups is 1. The van der Waals surface area contributed by atoms with Crippen LogP contribution in [-0.4, -0.2) is 44.9 Å². The number of benzene rings is 1.